The van der Waals surface area contributed by atoms with Crippen molar-refractivity contribution in [1.29, 1.82) is 0 Å². The molecule has 0 saturated carbocycles. The van der Waals surface area contributed by atoms with E-state index >= 15 is 0 Å². The van der Waals surface area contributed by atoms with Crippen molar-refractivity contribution >= 4 is 45.3 Å². The molecule has 0 radical (unpaired) electrons. The molecule has 0 fully saturated rings. The number of rotatable bonds is 13. The number of amides is 2. The van der Waals surface area contributed by atoms with Crippen LogP contribution in [0.5, 0.6) is 5.75 Å². The number of nitrogens with one attached hydrogen (secondary N) is 2. The third-order valence-electron chi connectivity index (χ3n) is 6.25. The minimum atomic E-state index is -4.11. The number of hydrazone groups is 1. The molecule has 11 heteroatoms. The van der Waals surface area contributed by atoms with E-state index in [-0.39, 0.29) is 28.1 Å². The van der Waals surface area contributed by atoms with Gasteiger partial charge in [0, 0.05) is 6.54 Å². The quantitative estimate of drug-likeness (QED) is 0.166. The van der Waals surface area contributed by atoms with E-state index in [1.165, 1.54) is 24.4 Å². The Labute approximate surface area is 256 Å². The second kappa shape index (κ2) is 15.0. The van der Waals surface area contributed by atoms with E-state index in [0.29, 0.717) is 17.9 Å². The van der Waals surface area contributed by atoms with Gasteiger partial charge in [0.25, 0.3) is 21.8 Å². The summed E-state index contributed by atoms with van der Waals surface area (Å²) in [7, 11) is -4.11. The summed E-state index contributed by atoms with van der Waals surface area (Å²) in [5.74, 6) is -0.388. The molecule has 2 N–H and O–H groups in total. The van der Waals surface area contributed by atoms with E-state index in [9.17, 15) is 18.0 Å². The van der Waals surface area contributed by atoms with Crippen LogP contribution in [0.4, 0.5) is 5.69 Å². The van der Waals surface area contributed by atoms with Gasteiger partial charge in [0.2, 0.25) is 0 Å². The highest BCUT2D eigenvalue weighted by Crippen LogP contribution is 2.30. The highest BCUT2D eigenvalue weighted by molar-refractivity contribution is 7.92. The summed E-state index contributed by atoms with van der Waals surface area (Å²) in [4.78, 5) is 24.9. The molecule has 0 bridgehead atoms. The number of hydrogen-bond acceptors (Lipinski definition) is 6. The van der Waals surface area contributed by atoms with Crippen LogP contribution in [-0.4, -0.2) is 46.1 Å². The Bertz CT molecular complexity index is 1660. The Kier molecular flexibility index (Phi) is 10.9. The molecule has 43 heavy (non-hydrogen) atoms. The highest BCUT2D eigenvalue weighted by atomic mass is 35.5. The van der Waals surface area contributed by atoms with Crippen LogP contribution in [0.2, 0.25) is 5.02 Å². The van der Waals surface area contributed by atoms with Gasteiger partial charge in [-0.1, -0.05) is 71.8 Å². The minimum absolute atomic E-state index is 0.0290. The summed E-state index contributed by atoms with van der Waals surface area (Å²) in [5, 5.41) is 6.96. The van der Waals surface area contributed by atoms with Crippen LogP contribution in [0.25, 0.3) is 0 Å². The zero-order valence-electron chi connectivity index (χ0n) is 23.4. The fourth-order valence-corrected chi connectivity index (χ4v) is 5.70. The lowest BCUT2D eigenvalue weighted by Gasteiger charge is -2.24. The standard InChI is InChI=1S/C32H31ClN4O5S/c1-24-11-17-28(18-12-24)43(40,41)37(30-10-6-5-9-29(30)33)22-31(38)36-35-21-26-13-15-27(16-14-26)42-23-32(39)34-20-19-25-7-3-2-4-8-25/h2-18,21H,19-20,22-23H2,1H3,(H,34,39)(H,36,38)/b35-21-. The number of benzene rings is 4. The number of halogens is 1. The number of aryl methyl sites for hydroxylation is 1. The first-order valence-electron chi connectivity index (χ1n) is 13.4. The van der Waals surface area contributed by atoms with Crippen LogP contribution in [-0.2, 0) is 26.0 Å². The smallest absolute Gasteiger partial charge is 0.264 e. The molecule has 0 heterocycles. The first-order valence-corrected chi connectivity index (χ1v) is 15.2. The third kappa shape index (κ3) is 9.16. The van der Waals surface area contributed by atoms with Crippen LogP contribution >= 0.6 is 11.6 Å². The van der Waals surface area contributed by atoms with Crippen molar-refractivity contribution < 1.29 is 22.7 Å². The fourth-order valence-electron chi connectivity index (χ4n) is 3.98. The maximum atomic E-state index is 13.5. The minimum Gasteiger partial charge on any atom is -0.484 e. The van der Waals surface area contributed by atoms with Crippen molar-refractivity contribution in [2.45, 2.75) is 18.2 Å². The molecule has 0 unspecified atom stereocenters. The molecule has 4 aromatic carbocycles. The molecule has 0 aromatic heterocycles. The van der Waals surface area contributed by atoms with Gasteiger partial charge < -0.3 is 10.1 Å². The zero-order chi connectivity index (χ0) is 30.7. The Morgan fingerprint density at radius 2 is 1.56 bits per heavy atom. The number of anilines is 1. The summed E-state index contributed by atoms with van der Waals surface area (Å²) in [6.45, 7) is 1.70. The van der Waals surface area contributed by atoms with Crippen LogP contribution in [0.15, 0.2) is 113 Å². The summed E-state index contributed by atoms with van der Waals surface area (Å²) in [6, 6.07) is 29.4. The van der Waals surface area contributed by atoms with Crippen LogP contribution in [0.3, 0.4) is 0 Å². The summed E-state index contributed by atoms with van der Waals surface area (Å²) >= 11 is 6.30. The van der Waals surface area contributed by atoms with Gasteiger partial charge in [0.05, 0.1) is 21.8 Å². The lowest BCUT2D eigenvalue weighted by molar-refractivity contribution is -0.123. The number of nitrogens with zero attached hydrogens (tertiary/aromatic N) is 2. The van der Waals surface area contributed by atoms with Crippen molar-refractivity contribution in [3.8, 4) is 5.75 Å². The van der Waals surface area contributed by atoms with Gasteiger partial charge in [-0.25, -0.2) is 13.8 Å². The highest BCUT2D eigenvalue weighted by Gasteiger charge is 2.28. The summed E-state index contributed by atoms with van der Waals surface area (Å²) in [5.41, 5.74) is 5.22. The molecule has 4 aromatic rings. The molecular weight excluding hydrogens is 588 g/mol. The zero-order valence-corrected chi connectivity index (χ0v) is 25.0. The van der Waals surface area contributed by atoms with Gasteiger partial charge in [0.1, 0.15) is 12.3 Å². The summed E-state index contributed by atoms with van der Waals surface area (Å²) in [6.07, 6.45) is 2.14. The predicted octanol–water partition coefficient (Wildman–Crippen LogP) is 4.73. The van der Waals surface area contributed by atoms with Crippen LogP contribution < -0.4 is 19.8 Å². The number of carbonyl (C=O) groups excluding carboxylic acids is 2. The molecule has 4 rings (SSSR count). The number of hydrogen-bond donors (Lipinski definition) is 2. The molecular formula is C32H31ClN4O5S. The molecule has 0 aliphatic heterocycles. The normalized spacial score (nSPS) is 11.2. The Hall–Kier alpha value is -4.67. The fraction of sp³-hybridized carbons (Fsp3) is 0.156. The molecule has 0 aliphatic rings. The number of para-hydroxylation sites is 1. The first kappa shape index (κ1) is 31.3. The Morgan fingerprint density at radius 3 is 2.26 bits per heavy atom. The van der Waals surface area contributed by atoms with Crippen LogP contribution in [0, 0.1) is 6.92 Å². The maximum absolute atomic E-state index is 13.5. The van der Waals surface area contributed by atoms with E-state index in [4.69, 9.17) is 16.3 Å². The number of ether oxygens (including phenoxy) is 1. The number of sulfonamides is 1. The number of carbonyl (C=O) groups is 2. The SMILES string of the molecule is Cc1ccc(S(=O)(=O)N(CC(=O)N/N=C\c2ccc(OCC(=O)NCCc3ccccc3)cc2)c2ccccc2Cl)cc1. The van der Waals surface area contributed by atoms with E-state index in [2.05, 4.69) is 15.8 Å². The average Bonchev–Trinajstić information content (AvgIpc) is 3.00. The predicted molar refractivity (Wildman–Crippen MR) is 168 cm³/mol. The summed E-state index contributed by atoms with van der Waals surface area (Å²) < 4.78 is 33.4. The molecule has 0 atom stereocenters. The topological polar surface area (TPSA) is 117 Å². The monoisotopic (exact) mass is 618 g/mol. The van der Waals surface area contributed by atoms with Crippen molar-refractivity contribution in [3.05, 3.63) is 125 Å². The molecule has 222 valence electrons. The van der Waals surface area contributed by atoms with Crippen molar-refractivity contribution in [3.63, 3.8) is 0 Å². The first-order chi connectivity index (χ1) is 20.7. The Balaban J connectivity index is 1.30. The van der Waals surface area contributed by atoms with Gasteiger partial charge in [0.15, 0.2) is 6.61 Å². The van der Waals surface area contributed by atoms with E-state index < -0.39 is 22.5 Å². The maximum Gasteiger partial charge on any atom is 0.264 e. The lowest BCUT2D eigenvalue weighted by atomic mass is 10.1. The van der Waals surface area contributed by atoms with E-state index in [1.54, 1.807) is 54.6 Å². The second-order valence-corrected chi connectivity index (χ2v) is 11.8. The molecule has 0 aliphatic carbocycles. The van der Waals surface area contributed by atoms with Gasteiger partial charge in [-0.2, -0.15) is 5.10 Å². The van der Waals surface area contributed by atoms with Gasteiger partial charge in [-0.05, 0) is 73.0 Å². The Morgan fingerprint density at radius 1 is 0.884 bits per heavy atom. The molecule has 9 nitrogen and oxygen atoms in total. The lowest BCUT2D eigenvalue weighted by Crippen LogP contribution is -2.39. The van der Waals surface area contributed by atoms with Crippen LogP contribution in [0.1, 0.15) is 16.7 Å². The van der Waals surface area contributed by atoms with Crippen molar-refractivity contribution in [2.75, 3.05) is 24.0 Å². The van der Waals surface area contributed by atoms with Crippen molar-refractivity contribution in [2.24, 2.45) is 5.10 Å². The second-order valence-electron chi connectivity index (χ2n) is 9.51. The van der Waals surface area contributed by atoms with Gasteiger partial charge >= 0.3 is 0 Å². The van der Waals surface area contributed by atoms with E-state index in [0.717, 1.165) is 21.9 Å². The van der Waals surface area contributed by atoms with Gasteiger partial charge in [-0.15, -0.1) is 0 Å². The molecule has 0 spiro atoms. The van der Waals surface area contributed by atoms with E-state index in [1.807, 2.05) is 37.3 Å². The van der Waals surface area contributed by atoms with Crippen molar-refractivity contribution in [1.82, 2.24) is 10.7 Å². The van der Waals surface area contributed by atoms with Gasteiger partial charge in [-0.3, -0.25) is 13.9 Å². The molecule has 0 saturated heterocycles. The molecule has 2 amide bonds. The third-order valence-corrected chi connectivity index (χ3v) is 8.34. The average molecular weight is 619 g/mol. The largest absolute Gasteiger partial charge is 0.484 e.